The number of aliphatic hydroxyl groups is 1. The summed E-state index contributed by atoms with van der Waals surface area (Å²) >= 11 is 0. The van der Waals surface area contributed by atoms with E-state index in [9.17, 15) is 9.90 Å². The Morgan fingerprint density at radius 1 is 1.03 bits per heavy atom. The van der Waals surface area contributed by atoms with Crippen molar-refractivity contribution in [2.75, 3.05) is 19.7 Å². The van der Waals surface area contributed by atoms with Gasteiger partial charge in [0.05, 0.1) is 0 Å². The second kappa shape index (κ2) is 9.07. The third-order valence-electron chi connectivity index (χ3n) is 5.63. The first kappa shape index (κ1) is 19.4. The topological polar surface area (TPSA) is 57.5 Å². The molecule has 1 amide bonds. The van der Waals surface area contributed by atoms with Crippen LogP contribution in [0.1, 0.15) is 22.3 Å². The van der Waals surface area contributed by atoms with Gasteiger partial charge in [0.2, 0.25) is 0 Å². The number of carbonyl (C=O) groups is 1. The molecule has 5 heteroatoms. The third-order valence-corrected chi connectivity index (χ3v) is 5.63. The zero-order valence-electron chi connectivity index (χ0n) is 16.4. The summed E-state index contributed by atoms with van der Waals surface area (Å²) in [6.07, 6.45) is 4.75. The van der Waals surface area contributed by atoms with Gasteiger partial charge in [-0.05, 0) is 42.3 Å². The summed E-state index contributed by atoms with van der Waals surface area (Å²) in [5.41, 5.74) is 2.87. The minimum Gasteiger partial charge on any atom is -0.396 e. The van der Waals surface area contributed by atoms with Crippen LogP contribution in [0.5, 0.6) is 0 Å². The quantitative estimate of drug-likeness (QED) is 0.681. The predicted octanol–water partition coefficient (Wildman–Crippen LogP) is 3.09. The van der Waals surface area contributed by atoms with Crippen LogP contribution in [0, 0.1) is 5.92 Å². The van der Waals surface area contributed by atoms with Crippen molar-refractivity contribution in [3.05, 3.63) is 90.3 Å². The van der Waals surface area contributed by atoms with Gasteiger partial charge in [-0.1, -0.05) is 36.4 Å². The minimum absolute atomic E-state index is 0.0187. The first-order valence-electron chi connectivity index (χ1n) is 10.1. The maximum atomic E-state index is 12.9. The summed E-state index contributed by atoms with van der Waals surface area (Å²) in [7, 11) is 0. The normalized spacial score (nSPS) is 19.8. The molecular formula is C24H27N3O2. The van der Waals surface area contributed by atoms with Gasteiger partial charge in [-0.2, -0.15) is 0 Å². The molecule has 1 aromatic heterocycles. The number of aliphatic hydroxyl groups excluding tert-OH is 1. The van der Waals surface area contributed by atoms with Gasteiger partial charge < -0.3 is 15.0 Å². The average Bonchev–Trinajstić information content (AvgIpc) is 3.30. The number of carbonyl (C=O) groups excluding carboxylic acids is 1. The molecule has 0 bridgehead atoms. The predicted molar refractivity (Wildman–Crippen MR) is 114 cm³/mol. The highest BCUT2D eigenvalue weighted by atomic mass is 16.3. The summed E-state index contributed by atoms with van der Waals surface area (Å²) in [4.78, 5) is 15.2. The maximum Gasteiger partial charge on any atom is 0.251 e. The van der Waals surface area contributed by atoms with Gasteiger partial charge in [0.25, 0.3) is 5.91 Å². The summed E-state index contributed by atoms with van der Waals surface area (Å²) in [5.74, 6) is -0.0528. The smallest absolute Gasteiger partial charge is 0.251 e. The molecule has 2 aromatic carbocycles. The molecule has 0 unspecified atom stereocenters. The first-order chi connectivity index (χ1) is 14.2. The molecule has 2 N–H and O–H groups in total. The van der Waals surface area contributed by atoms with Gasteiger partial charge in [0.1, 0.15) is 0 Å². The second-order valence-electron chi connectivity index (χ2n) is 7.67. The van der Waals surface area contributed by atoms with Crippen LogP contribution in [0.3, 0.4) is 0 Å². The number of hydrogen-bond donors (Lipinski definition) is 2. The highest BCUT2D eigenvalue weighted by molar-refractivity contribution is 5.95. The van der Waals surface area contributed by atoms with Crippen molar-refractivity contribution in [2.24, 2.45) is 5.92 Å². The van der Waals surface area contributed by atoms with Gasteiger partial charge in [-0.3, -0.25) is 9.69 Å². The van der Waals surface area contributed by atoms with Crippen molar-refractivity contribution in [3.63, 3.8) is 0 Å². The molecule has 5 nitrogen and oxygen atoms in total. The zero-order chi connectivity index (χ0) is 20.1. The number of rotatable bonds is 6. The first-order valence-corrected chi connectivity index (χ1v) is 10.1. The molecule has 3 aromatic rings. The third kappa shape index (κ3) is 4.75. The molecule has 1 saturated heterocycles. The monoisotopic (exact) mass is 389 g/mol. The molecule has 4 rings (SSSR count). The number of nitrogens with zero attached hydrogens (tertiary/aromatic N) is 2. The fourth-order valence-electron chi connectivity index (χ4n) is 4.03. The number of amides is 1. The van der Waals surface area contributed by atoms with Crippen molar-refractivity contribution >= 4 is 5.91 Å². The van der Waals surface area contributed by atoms with Gasteiger partial charge in [-0.15, -0.1) is 0 Å². The average molecular weight is 389 g/mol. The van der Waals surface area contributed by atoms with Crippen LogP contribution in [0.15, 0.2) is 79.1 Å². The molecule has 0 saturated carbocycles. The van der Waals surface area contributed by atoms with E-state index in [4.69, 9.17) is 0 Å². The van der Waals surface area contributed by atoms with E-state index < -0.39 is 0 Å². The number of piperidine rings is 1. The fraction of sp³-hybridized carbons (Fsp3) is 0.292. The van der Waals surface area contributed by atoms with Gasteiger partial charge >= 0.3 is 0 Å². The van der Waals surface area contributed by atoms with Crippen LogP contribution in [-0.2, 0) is 6.54 Å². The van der Waals surface area contributed by atoms with Crippen LogP contribution in [0.25, 0.3) is 5.69 Å². The van der Waals surface area contributed by atoms with Gasteiger partial charge in [-0.25, -0.2) is 0 Å². The fourth-order valence-corrected chi connectivity index (χ4v) is 4.03. The molecule has 1 aliphatic rings. The number of nitrogens with one attached hydrogen (secondary N) is 1. The lowest BCUT2D eigenvalue weighted by Crippen LogP contribution is -2.51. The second-order valence-corrected chi connectivity index (χ2v) is 7.67. The molecule has 2 heterocycles. The van der Waals surface area contributed by atoms with E-state index in [2.05, 4.69) is 22.3 Å². The minimum atomic E-state index is -0.0843. The number of likely N-dealkylation sites (tertiary alicyclic amines) is 1. The lowest BCUT2D eigenvalue weighted by atomic mass is 9.92. The lowest BCUT2D eigenvalue weighted by molar-refractivity contribution is 0.0712. The Morgan fingerprint density at radius 3 is 2.59 bits per heavy atom. The van der Waals surface area contributed by atoms with E-state index in [-0.39, 0.29) is 24.5 Å². The van der Waals surface area contributed by atoms with E-state index in [1.54, 1.807) is 0 Å². The number of hydrogen-bond acceptors (Lipinski definition) is 3. The molecule has 1 fully saturated rings. The molecule has 2 atom stereocenters. The summed E-state index contributed by atoms with van der Waals surface area (Å²) < 4.78 is 1.98. The standard InChI is InChI=1S/C24H27N3O2/c28-18-21-17-26(16-19-7-2-1-3-8-19)14-11-23(21)25-24(29)20-9-6-10-22(15-20)27-12-4-5-13-27/h1-10,12-13,15,21,23,28H,11,14,16-18H2,(H,25,29)/t21-,23+/m1/s1. The molecule has 0 spiro atoms. The molecule has 150 valence electrons. The van der Waals surface area contributed by atoms with E-state index in [0.717, 1.165) is 31.7 Å². The number of aromatic nitrogens is 1. The van der Waals surface area contributed by atoms with Crippen molar-refractivity contribution in [1.82, 2.24) is 14.8 Å². The van der Waals surface area contributed by atoms with E-state index in [1.807, 2.05) is 71.6 Å². The van der Waals surface area contributed by atoms with Crippen molar-refractivity contribution in [2.45, 2.75) is 19.0 Å². The Balaban J connectivity index is 1.39. The van der Waals surface area contributed by atoms with E-state index in [1.165, 1.54) is 5.56 Å². The highest BCUT2D eigenvalue weighted by Crippen LogP contribution is 2.20. The summed E-state index contributed by atoms with van der Waals surface area (Å²) in [6.45, 7) is 2.62. The van der Waals surface area contributed by atoms with Gasteiger partial charge in [0.15, 0.2) is 0 Å². The molecular weight excluding hydrogens is 362 g/mol. The molecule has 0 radical (unpaired) electrons. The Morgan fingerprint density at radius 2 is 1.83 bits per heavy atom. The molecule has 0 aliphatic carbocycles. The summed E-state index contributed by atoms with van der Waals surface area (Å²) in [5, 5.41) is 13.1. The van der Waals surface area contributed by atoms with Crippen LogP contribution >= 0.6 is 0 Å². The summed E-state index contributed by atoms with van der Waals surface area (Å²) in [6, 6.07) is 21.9. The van der Waals surface area contributed by atoms with E-state index >= 15 is 0 Å². The van der Waals surface area contributed by atoms with Crippen molar-refractivity contribution in [1.29, 1.82) is 0 Å². The Hall–Kier alpha value is -2.89. The van der Waals surface area contributed by atoms with E-state index in [0.29, 0.717) is 5.56 Å². The van der Waals surface area contributed by atoms with Crippen molar-refractivity contribution < 1.29 is 9.90 Å². The molecule has 1 aliphatic heterocycles. The highest BCUT2D eigenvalue weighted by Gasteiger charge is 2.30. The van der Waals surface area contributed by atoms with Gasteiger partial charge in [0, 0.05) is 61.8 Å². The van der Waals surface area contributed by atoms with Crippen LogP contribution in [0.2, 0.25) is 0 Å². The Bertz CT molecular complexity index is 924. The van der Waals surface area contributed by atoms with Crippen molar-refractivity contribution in [3.8, 4) is 5.69 Å². The van der Waals surface area contributed by atoms with Crippen LogP contribution in [0.4, 0.5) is 0 Å². The zero-order valence-corrected chi connectivity index (χ0v) is 16.4. The number of benzene rings is 2. The Kier molecular flexibility index (Phi) is 6.08. The largest absolute Gasteiger partial charge is 0.396 e. The maximum absolute atomic E-state index is 12.9. The van der Waals surface area contributed by atoms with Crippen LogP contribution in [-0.4, -0.2) is 46.2 Å². The molecule has 29 heavy (non-hydrogen) atoms. The van der Waals surface area contributed by atoms with Crippen LogP contribution < -0.4 is 5.32 Å². The SMILES string of the molecule is O=C(N[C@H]1CCN(Cc2ccccc2)C[C@@H]1CO)c1cccc(-n2cccc2)c1. The Labute approximate surface area is 171 Å². The lowest BCUT2D eigenvalue weighted by Gasteiger charge is -2.38.